The molecule has 23 heavy (non-hydrogen) atoms. The fraction of sp³-hybridized carbons (Fsp3) is 0. The zero-order chi connectivity index (χ0) is 16.6. The van der Waals surface area contributed by atoms with Crippen molar-refractivity contribution >= 4 is 40.2 Å². The molecule has 0 amide bonds. The first-order chi connectivity index (χ1) is 11.0. The van der Waals surface area contributed by atoms with Crippen molar-refractivity contribution in [2.24, 2.45) is 0 Å². The summed E-state index contributed by atoms with van der Waals surface area (Å²) in [5, 5.41) is 12.1. The topological polar surface area (TPSA) is 58.9 Å². The van der Waals surface area contributed by atoms with Gasteiger partial charge in [-0.25, -0.2) is 4.39 Å². The van der Waals surface area contributed by atoms with Crippen molar-refractivity contribution in [1.29, 1.82) is 0 Å². The minimum atomic E-state index is -0.558. The van der Waals surface area contributed by atoms with Crippen molar-refractivity contribution in [2.45, 2.75) is 0 Å². The van der Waals surface area contributed by atoms with Gasteiger partial charge in [0, 0.05) is 27.6 Å². The van der Waals surface area contributed by atoms with E-state index in [1.165, 1.54) is 18.2 Å². The predicted molar refractivity (Wildman–Crippen MR) is 89.7 cm³/mol. The van der Waals surface area contributed by atoms with E-state index in [4.69, 9.17) is 23.2 Å². The van der Waals surface area contributed by atoms with Gasteiger partial charge in [0.25, 0.3) is 0 Å². The summed E-state index contributed by atoms with van der Waals surface area (Å²) in [6.45, 7) is 0. The Balaban J connectivity index is 2.31. The molecule has 0 fully saturated rings. The number of aromatic amines is 1. The first-order valence-electron chi connectivity index (χ1n) is 6.54. The lowest BCUT2D eigenvalue weighted by Gasteiger charge is -2.01. The van der Waals surface area contributed by atoms with E-state index in [9.17, 15) is 14.5 Å². The molecule has 116 valence electrons. The summed E-state index contributed by atoms with van der Waals surface area (Å²) < 4.78 is 13.1. The lowest BCUT2D eigenvalue weighted by atomic mass is 10.1. The molecular formula is C16H9Cl2FN2O2. The molecule has 7 heteroatoms. The van der Waals surface area contributed by atoms with Crippen molar-refractivity contribution in [2.75, 3.05) is 0 Å². The number of H-pyrrole nitrogens is 1. The Morgan fingerprint density at radius 2 is 1.87 bits per heavy atom. The maximum atomic E-state index is 13.1. The molecule has 0 saturated carbocycles. The molecule has 3 rings (SSSR count). The minimum absolute atomic E-state index is 0.367. The van der Waals surface area contributed by atoms with Crippen LogP contribution in [0.25, 0.3) is 28.2 Å². The molecule has 1 heterocycles. The van der Waals surface area contributed by atoms with Gasteiger partial charge in [0.05, 0.1) is 15.6 Å². The lowest BCUT2D eigenvalue weighted by Crippen LogP contribution is -1.85. The molecule has 1 aromatic heterocycles. The summed E-state index contributed by atoms with van der Waals surface area (Å²) >= 11 is 12.2. The van der Waals surface area contributed by atoms with Crippen LogP contribution in [0.3, 0.4) is 0 Å². The van der Waals surface area contributed by atoms with Gasteiger partial charge in [-0.05, 0) is 42.0 Å². The number of nitrogens with one attached hydrogen (secondary N) is 1. The van der Waals surface area contributed by atoms with Crippen molar-refractivity contribution in [3.05, 3.63) is 74.1 Å². The van der Waals surface area contributed by atoms with Gasteiger partial charge in [0.15, 0.2) is 0 Å². The Bertz CT molecular complexity index is 933. The molecule has 0 unspecified atom stereocenters. The third-order valence-corrected chi connectivity index (χ3v) is 3.87. The smallest absolute Gasteiger partial charge is 0.235 e. The molecule has 0 atom stereocenters. The summed E-state index contributed by atoms with van der Waals surface area (Å²) in [7, 11) is 0. The van der Waals surface area contributed by atoms with Gasteiger partial charge >= 0.3 is 0 Å². The molecule has 0 saturated heterocycles. The molecule has 3 aromatic rings. The summed E-state index contributed by atoms with van der Waals surface area (Å²) in [5.41, 5.74) is 2.47. The van der Waals surface area contributed by atoms with E-state index in [0.29, 0.717) is 37.8 Å². The van der Waals surface area contributed by atoms with Gasteiger partial charge in [-0.1, -0.05) is 23.2 Å². The maximum absolute atomic E-state index is 13.1. The number of hydrogen-bond acceptors (Lipinski definition) is 2. The quantitative estimate of drug-likeness (QED) is 0.498. The molecule has 2 aromatic carbocycles. The zero-order valence-electron chi connectivity index (χ0n) is 11.5. The molecule has 0 aliphatic carbocycles. The highest BCUT2D eigenvalue weighted by molar-refractivity contribution is 6.39. The average Bonchev–Trinajstić information content (AvgIpc) is 2.84. The highest BCUT2D eigenvalue weighted by Crippen LogP contribution is 2.37. The van der Waals surface area contributed by atoms with Crippen LogP contribution < -0.4 is 0 Å². The van der Waals surface area contributed by atoms with Crippen molar-refractivity contribution in [1.82, 2.24) is 4.98 Å². The summed E-state index contributed by atoms with van der Waals surface area (Å²) in [4.78, 5) is 13.2. The maximum Gasteiger partial charge on any atom is 0.235 e. The number of aromatic nitrogens is 1. The molecule has 0 spiro atoms. The number of halogens is 3. The summed E-state index contributed by atoms with van der Waals surface area (Å²) in [6.07, 6.45) is 2.19. The Labute approximate surface area is 140 Å². The van der Waals surface area contributed by atoms with E-state index in [1.807, 2.05) is 0 Å². The second kappa shape index (κ2) is 6.02. The van der Waals surface area contributed by atoms with Crippen LogP contribution in [0.2, 0.25) is 10.0 Å². The summed E-state index contributed by atoms with van der Waals surface area (Å²) in [5.74, 6) is -0.367. The first kappa shape index (κ1) is 15.5. The van der Waals surface area contributed by atoms with Crippen LogP contribution >= 0.6 is 23.2 Å². The highest BCUT2D eigenvalue weighted by atomic mass is 35.5. The third-order valence-electron chi connectivity index (χ3n) is 3.35. The normalized spacial score (nSPS) is 11.4. The number of hydrogen-bond donors (Lipinski definition) is 1. The number of benzene rings is 2. The van der Waals surface area contributed by atoms with E-state index < -0.39 is 4.92 Å². The highest BCUT2D eigenvalue weighted by Gasteiger charge is 2.15. The fourth-order valence-corrected chi connectivity index (χ4v) is 3.01. The summed E-state index contributed by atoms with van der Waals surface area (Å²) in [6, 6.07) is 9.04. The Morgan fingerprint density at radius 3 is 2.52 bits per heavy atom. The molecule has 1 N–H and O–H groups in total. The number of nitrogens with zero attached hydrogens (tertiary/aromatic N) is 1. The predicted octanol–water partition coefficient (Wildman–Crippen LogP) is 5.53. The number of fused-ring (bicyclic) bond motifs is 1. The fourth-order valence-electron chi connectivity index (χ4n) is 2.42. The van der Waals surface area contributed by atoms with Crippen LogP contribution in [0, 0.1) is 15.9 Å². The molecule has 0 aliphatic heterocycles. The Morgan fingerprint density at radius 1 is 1.17 bits per heavy atom. The van der Waals surface area contributed by atoms with E-state index in [0.717, 1.165) is 6.20 Å². The lowest BCUT2D eigenvalue weighted by molar-refractivity contribution is -0.400. The standard InChI is InChI=1S/C16H9Cl2FN2O2/c17-10-7-13(18)15-12(5-6-21(22)23)16(20-14(15)8-10)9-1-3-11(19)4-2-9/h1-8,20H. The van der Waals surface area contributed by atoms with Crippen LogP contribution in [0.4, 0.5) is 4.39 Å². The van der Waals surface area contributed by atoms with Crippen LogP contribution in [-0.4, -0.2) is 9.91 Å². The van der Waals surface area contributed by atoms with E-state index in [1.54, 1.807) is 24.3 Å². The van der Waals surface area contributed by atoms with Gasteiger partial charge in [-0.3, -0.25) is 10.1 Å². The molecule has 0 radical (unpaired) electrons. The van der Waals surface area contributed by atoms with Crippen molar-refractivity contribution in [3.8, 4) is 11.3 Å². The first-order valence-corrected chi connectivity index (χ1v) is 7.29. The van der Waals surface area contributed by atoms with Crippen LogP contribution in [0.1, 0.15) is 5.56 Å². The van der Waals surface area contributed by atoms with Crippen LogP contribution in [0.15, 0.2) is 42.6 Å². The van der Waals surface area contributed by atoms with Gasteiger partial charge < -0.3 is 4.98 Å². The zero-order valence-corrected chi connectivity index (χ0v) is 13.0. The molecule has 0 bridgehead atoms. The van der Waals surface area contributed by atoms with Crippen LogP contribution in [0.5, 0.6) is 0 Å². The van der Waals surface area contributed by atoms with Crippen LogP contribution in [-0.2, 0) is 0 Å². The van der Waals surface area contributed by atoms with E-state index >= 15 is 0 Å². The second-order valence-corrected chi connectivity index (χ2v) is 5.68. The van der Waals surface area contributed by atoms with Gasteiger partial charge in [-0.2, -0.15) is 0 Å². The largest absolute Gasteiger partial charge is 0.354 e. The number of nitro groups is 1. The van der Waals surface area contributed by atoms with Gasteiger partial charge in [0.1, 0.15) is 5.82 Å². The monoisotopic (exact) mass is 350 g/mol. The number of rotatable bonds is 3. The average molecular weight is 351 g/mol. The molecule has 0 aliphatic rings. The second-order valence-electron chi connectivity index (χ2n) is 4.83. The van der Waals surface area contributed by atoms with Crippen molar-refractivity contribution < 1.29 is 9.31 Å². The van der Waals surface area contributed by atoms with Crippen molar-refractivity contribution in [3.63, 3.8) is 0 Å². The van der Waals surface area contributed by atoms with E-state index in [2.05, 4.69) is 4.98 Å². The van der Waals surface area contributed by atoms with Gasteiger partial charge in [-0.15, -0.1) is 0 Å². The Kier molecular flexibility index (Phi) is 4.07. The van der Waals surface area contributed by atoms with E-state index in [-0.39, 0.29) is 5.82 Å². The molecular weight excluding hydrogens is 342 g/mol. The third kappa shape index (κ3) is 3.06. The Hall–Kier alpha value is -2.37. The SMILES string of the molecule is O=[N+]([O-])C=Cc1c(-c2ccc(F)cc2)[nH]c2cc(Cl)cc(Cl)c12. The minimum Gasteiger partial charge on any atom is -0.354 e. The van der Waals surface area contributed by atoms with Gasteiger partial charge in [0.2, 0.25) is 6.20 Å². The molecule has 4 nitrogen and oxygen atoms in total.